The van der Waals surface area contributed by atoms with Gasteiger partial charge in [0.1, 0.15) is 5.54 Å². The predicted molar refractivity (Wildman–Crippen MR) is 69.0 cm³/mol. The van der Waals surface area contributed by atoms with Gasteiger partial charge in [0.25, 0.3) is 0 Å². The van der Waals surface area contributed by atoms with Gasteiger partial charge in [0.15, 0.2) is 0 Å². The van der Waals surface area contributed by atoms with Crippen LogP contribution in [0.4, 0.5) is 0 Å². The van der Waals surface area contributed by atoms with E-state index in [1.807, 2.05) is 7.05 Å². The van der Waals surface area contributed by atoms with Crippen molar-refractivity contribution in [2.24, 2.45) is 11.7 Å². The first-order valence-electron chi connectivity index (χ1n) is 6.43. The van der Waals surface area contributed by atoms with E-state index < -0.39 is 18.6 Å². The number of likely N-dealkylation sites (tertiary alicyclic amines) is 1. The van der Waals surface area contributed by atoms with Crippen LogP contribution in [0.15, 0.2) is 0 Å². The van der Waals surface area contributed by atoms with Crippen LogP contribution in [-0.4, -0.2) is 58.8 Å². The van der Waals surface area contributed by atoms with E-state index in [1.165, 1.54) is 0 Å². The number of rotatable bonds is 7. The standard InChI is InChI=1S/C11H23BN2O4/c1-14-7-4-9(8-14)11(13,10(15)16)5-2-3-6-12(17)18/h9,17-18H,2-8,13H2,1H3,(H,15,16). The smallest absolute Gasteiger partial charge is 0.451 e. The number of carboxylic acid groups (broad SMARTS) is 1. The Bertz CT molecular complexity index is 290. The molecule has 0 amide bonds. The van der Waals surface area contributed by atoms with Gasteiger partial charge in [-0.2, -0.15) is 0 Å². The Labute approximate surface area is 108 Å². The number of aliphatic carboxylic acids is 1. The van der Waals surface area contributed by atoms with Crippen molar-refractivity contribution in [1.82, 2.24) is 4.90 Å². The topological polar surface area (TPSA) is 107 Å². The third kappa shape index (κ3) is 3.95. The molecule has 0 spiro atoms. The Morgan fingerprint density at radius 1 is 1.50 bits per heavy atom. The van der Waals surface area contributed by atoms with Crippen LogP contribution in [0.2, 0.25) is 6.32 Å². The highest BCUT2D eigenvalue weighted by molar-refractivity contribution is 6.40. The Hall–Kier alpha value is -0.625. The summed E-state index contributed by atoms with van der Waals surface area (Å²) in [7, 11) is 0.643. The fourth-order valence-corrected chi connectivity index (χ4v) is 2.59. The molecule has 0 bridgehead atoms. The molecule has 104 valence electrons. The minimum Gasteiger partial charge on any atom is -0.480 e. The molecule has 0 aromatic heterocycles. The molecule has 1 heterocycles. The molecule has 2 unspecified atom stereocenters. The van der Waals surface area contributed by atoms with Gasteiger partial charge in [-0.05, 0) is 32.8 Å². The van der Waals surface area contributed by atoms with E-state index in [2.05, 4.69) is 4.90 Å². The molecular formula is C11H23BN2O4. The van der Waals surface area contributed by atoms with Crippen LogP contribution in [0.3, 0.4) is 0 Å². The maximum atomic E-state index is 11.4. The molecule has 0 radical (unpaired) electrons. The van der Waals surface area contributed by atoms with E-state index in [0.29, 0.717) is 25.8 Å². The number of nitrogens with two attached hydrogens (primary N) is 1. The number of unbranched alkanes of at least 4 members (excludes halogenated alkanes) is 1. The van der Waals surface area contributed by atoms with Gasteiger partial charge in [-0.3, -0.25) is 4.79 Å². The lowest BCUT2D eigenvalue weighted by Gasteiger charge is -2.31. The average molecular weight is 258 g/mol. The summed E-state index contributed by atoms with van der Waals surface area (Å²) < 4.78 is 0. The molecule has 5 N–H and O–H groups in total. The number of hydrogen-bond acceptors (Lipinski definition) is 5. The van der Waals surface area contributed by atoms with Crippen molar-refractivity contribution in [3.8, 4) is 0 Å². The van der Waals surface area contributed by atoms with Gasteiger partial charge >= 0.3 is 13.1 Å². The minimum atomic E-state index is -1.32. The SMILES string of the molecule is CN1CCC(C(N)(CCCCB(O)O)C(=O)O)C1. The van der Waals surface area contributed by atoms with Gasteiger partial charge in [0, 0.05) is 12.5 Å². The van der Waals surface area contributed by atoms with Crippen LogP contribution in [0, 0.1) is 5.92 Å². The lowest BCUT2D eigenvalue weighted by atomic mass is 9.77. The Morgan fingerprint density at radius 2 is 2.17 bits per heavy atom. The van der Waals surface area contributed by atoms with Crippen molar-refractivity contribution in [2.75, 3.05) is 20.1 Å². The van der Waals surface area contributed by atoms with Crippen molar-refractivity contribution in [3.63, 3.8) is 0 Å². The van der Waals surface area contributed by atoms with Crippen molar-refractivity contribution >= 4 is 13.1 Å². The van der Waals surface area contributed by atoms with Crippen LogP contribution >= 0.6 is 0 Å². The van der Waals surface area contributed by atoms with Gasteiger partial charge in [-0.1, -0.05) is 12.8 Å². The lowest BCUT2D eigenvalue weighted by molar-refractivity contribution is -0.145. The summed E-state index contributed by atoms with van der Waals surface area (Å²) >= 11 is 0. The highest BCUT2D eigenvalue weighted by Gasteiger charge is 2.44. The van der Waals surface area contributed by atoms with Gasteiger partial charge in [0.2, 0.25) is 0 Å². The van der Waals surface area contributed by atoms with Crippen molar-refractivity contribution in [3.05, 3.63) is 0 Å². The van der Waals surface area contributed by atoms with E-state index in [4.69, 9.17) is 15.8 Å². The van der Waals surface area contributed by atoms with Crippen LogP contribution in [-0.2, 0) is 4.79 Å². The first-order valence-corrected chi connectivity index (χ1v) is 6.43. The van der Waals surface area contributed by atoms with Crippen molar-refractivity contribution < 1.29 is 19.9 Å². The molecule has 6 nitrogen and oxygen atoms in total. The number of hydrogen-bond donors (Lipinski definition) is 4. The summed E-state index contributed by atoms with van der Waals surface area (Å²) in [5.41, 5.74) is 4.88. The van der Waals surface area contributed by atoms with Crippen LogP contribution < -0.4 is 5.73 Å². The van der Waals surface area contributed by atoms with Gasteiger partial charge in [-0.15, -0.1) is 0 Å². The third-order valence-corrected chi connectivity index (χ3v) is 3.82. The van der Waals surface area contributed by atoms with E-state index >= 15 is 0 Å². The maximum Gasteiger partial charge on any atom is 0.451 e. The second-order valence-electron chi connectivity index (χ2n) is 5.32. The summed E-state index contributed by atoms with van der Waals surface area (Å²) in [6.07, 6.45) is 2.63. The molecule has 1 saturated heterocycles. The number of nitrogens with zero attached hydrogens (tertiary/aromatic N) is 1. The van der Waals surface area contributed by atoms with Crippen molar-refractivity contribution in [2.45, 2.75) is 37.5 Å². The van der Waals surface area contributed by atoms with Gasteiger partial charge in [-0.25, -0.2) is 0 Å². The molecule has 0 aromatic rings. The molecule has 7 heteroatoms. The molecule has 0 saturated carbocycles. The third-order valence-electron chi connectivity index (χ3n) is 3.82. The van der Waals surface area contributed by atoms with Crippen LogP contribution in [0.25, 0.3) is 0 Å². The monoisotopic (exact) mass is 258 g/mol. The fraction of sp³-hybridized carbons (Fsp3) is 0.909. The molecule has 2 atom stereocenters. The summed E-state index contributed by atoms with van der Waals surface area (Å²) in [6.45, 7) is 1.59. The molecule has 1 fully saturated rings. The van der Waals surface area contributed by atoms with E-state index in [9.17, 15) is 9.90 Å². The normalized spacial score (nSPS) is 23.9. The fourth-order valence-electron chi connectivity index (χ4n) is 2.59. The second kappa shape index (κ2) is 6.52. The van der Waals surface area contributed by atoms with E-state index in [-0.39, 0.29) is 12.2 Å². The molecular weight excluding hydrogens is 235 g/mol. The minimum absolute atomic E-state index is 0.0287. The molecule has 0 aromatic carbocycles. The molecule has 18 heavy (non-hydrogen) atoms. The molecule has 1 aliphatic rings. The predicted octanol–water partition coefficient (Wildman–Crippen LogP) is -0.637. The van der Waals surface area contributed by atoms with Crippen LogP contribution in [0.5, 0.6) is 0 Å². The average Bonchev–Trinajstić information content (AvgIpc) is 2.71. The number of carbonyl (C=O) groups is 1. The first kappa shape index (κ1) is 15.4. The molecule has 1 rings (SSSR count). The first-order chi connectivity index (χ1) is 8.36. The zero-order chi connectivity index (χ0) is 13.8. The second-order valence-corrected chi connectivity index (χ2v) is 5.32. The molecule has 1 aliphatic heterocycles. The van der Waals surface area contributed by atoms with Gasteiger partial charge < -0.3 is 25.8 Å². The largest absolute Gasteiger partial charge is 0.480 e. The zero-order valence-corrected chi connectivity index (χ0v) is 10.9. The number of carboxylic acids is 1. The van der Waals surface area contributed by atoms with Crippen LogP contribution in [0.1, 0.15) is 25.7 Å². The maximum absolute atomic E-state index is 11.4. The Kier molecular flexibility index (Phi) is 5.59. The van der Waals surface area contributed by atoms with E-state index in [0.717, 1.165) is 13.0 Å². The highest BCUT2D eigenvalue weighted by Crippen LogP contribution is 2.29. The summed E-state index contributed by atoms with van der Waals surface area (Å²) in [6, 6.07) is 0. The Morgan fingerprint density at radius 3 is 2.61 bits per heavy atom. The lowest BCUT2D eigenvalue weighted by Crippen LogP contribution is -2.54. The highest BCUT2D eigenvalue weighted by atomic mass is 16.4. The van der Waals surface area contributed by atoms with Crippen molar-refractivity contribution in [1.29, 1.82) is 0 Å². The summed E-state index contributed by atoms with van der Waals surface area (Å²) in [4.78, 5) is 13.5. The summed E-state index contributed by atoms with van der Waals surface area (Å²) in [5, 5.41) is 26.8. The quantitative estimate of drug-likeness (QED) is 0.357. The molecule has 0 aliphatic carbocycles. The van der Waals surface area contributed by atoms with Gasteiger partial charge in [0.05, 0.1) is 0 Å². The zero-order valence-electron chi connectivity index (χ0n) is 10.9. The Balaban J connectivity index is 2.50. The summed E-state index contributed by atoms with van der Waals surface area (Å²) in [5.74, 6) is -0.980. The van der Waals surface area contributed by atoms with E-state index in [1.54, 1.807) is 0 Å².